The summed E-state index contributed by atoms with van der Waals surface area (Å²) in [4.78, 5) is 22.0. The molecule has 3 N–H and O–H groups in total. The highest BCUT2D eigenvalue weighted by molar-refractivity contribution is 7.18. The number of para-hydroxylation sites is 2. The van der Waals surface area contributed by atoms with Crippen LogP contribution in [-0.2, 0) is 0 Å². The Bertz CT molecular complexity index is 1350. The Hall–Kier alpha value is -3.90. The minimum Gasteiger partial charge on any atom is -0.360 e. The molecule has 2 aromatic heterocycles. The molecule has 0 fully saturated rings. The number of H-pyrrole nitrogens is 1. The van der Waals surface area contributed by atoms with E-state index in [-0.39, 0.29) is 5.78 Å². The fourth-order valence-electron chi connectivity index (χ4n) is 3.41. The molecular formula is C25H20N4OS. The van der Waals surface area contributed by atoms with Crippen LogP contribution in [0.4, 0.5) is 22.3 Å². The number of thiazole rings is 1. The number of aryl methyl sites for hydroxylation is 1. The Morgan fingerprint density at radius 2 is 1.58 bits per heavy atom. The third-order valence-corrected chi connectivity index (χ3v) is 5.98. The van der Waals surface area contributed by atoms with E-state index in [1.165, 1.54) is 16.9 Å². The van der Waals surface area contributed by atoms with E-state index in [9.17, 15) is 4.79 Å². The summed E-state index contributed by atoms with van der Waals surface area (Å²) in [5, 5.41) is 8.19. The normalized spacial score (nSPS) is 10.9. The Labute approximate surface area is 183 Å². The maximum absolute atomic E-state index is 13.5. The number of benzene rings is 3. The zero-order chi connectivity index (χ0) is 21.2. The summed E-state index contributed by atoms with van der Waals surface area (Å²) >= 11 is 1.34. The van der Waals surface area contributed by atoms with Crippen LogP contribution in [0.25, 0.3) is 10.9 Å². The minimum atomic E-state index is -0.0642. The van der Waals surface area contributed by atoms with Gasteiger partial charge >= 0.3 is 0 Å². The molecule has 0 unspecified atom stereocenters. The van der Waals surface area contributed by atoms with E-state index in [1.54, 1.807) is 6.20 Å². The van der Waals surface area contributed by atoms with Crippen molar-refractivity contribution in [2.45, 2.75) is 6.92 Å². The van der Waals surface area contributed by atoms with Crippen LogP contribution in [-0.4, -0.2) is 15.8 Å². The van der Waals surface area contributed by atoms with Gasteiger partial charge in [-0.3, -0.25) is 4.79 Å². The molecule has 0 atom stereocenters. The standard InChI is InChI=1S/C25H20N4OS/c1-16-11-13-18(14-12-16)27-24-23(31-25(29-24)28-17-7-3-2-4-8-17)22(30)20-15-26-21-10-6-5-9-19(20)21/h2-15,26-27H,1H3,(H,28,29). The fraction of sp³-hybridized carbons (Fsp3) is 0.0400. The van der Waals surface area contributed by atoms with Gasteiger partial charge < -0.3 is 15.6 Å². The predicted octanol–water partition coefficient (Wildman–Crippen LogP) is 6.65. The number of ketones is 1. The number of carbonyl (C=O) groups is 1. The lowest BCUT2D eigenvalue weighted by molar-refractivity contribution is 0.104. The second kappa shape index (κ2) is 8.08. The van der Waals surface area contributed by atoms with Gasteiger partial charge in [-0.1, -0.05) is 65.4 Å². The highest BCUT2D eigenvalue weighted by atomic mass is 32.1. The summed E-state index contributed by atoms with van der Waals surface area (Å²) in [5.74, 6) is 0.480. The van der Waals surface area contributed by atoms with Gasteiger partial charge in [0.05, 0.1) is 0 Å². The average Bonchev–Trinajstić information content (AvgIpc) is 3.40. The molecule has 0 radical (unpaired) electrons. The molecule has 2 heterocycles. The number of aromatic amines is 1. The summed E-state index contributed by atoms with van der Waals surface area (Å²) in [7, 11) is 0. The molecule has 5 rings (SSSR count). The Morgan fingerprint density at radius 1 is 0.871 bits per heavy atom. The average molecular weight is 425 g/mol. The minimum absolute atomic E-state index is 0.0642. The Balaban J connectivity index is 1.54. The van der Waals surface area contributed by atoms with Crippen LogP contribution in [0.5, 0.6) is 0 Å². The quantitative estimate of drug-likeness (QED) is 0.267. The van der Waals surface area contributed by atoms with Crippen molar-refractivity contribution >= 4 is 50.3 Å². The number of anilines is 4. The number of fused-ring (bicyclic) bond motifs is 1. The highest BCUT2D eigenvalue weighted by Gasteiger charge is 2.22. The van der Waals surface area contributed by atoms with Crippen LogP contribution in [0.3, 0.4) is 0 Å². The molecule has 0 aliphatic rings. The van der Waals surface area contributed by atoms with E-state index in [1.807, 2.05) is 85.8 Å². The molecule has 152 valence electrons. The van der Waals surface area contributed by atoms with E-state index in [4.69, 9.17) is 4.98 Å². The van der Waals surface area contributed by atoms with Gasteiger partial charge in [-0.25, -0.2) is 4.98 Å². The molecule has 0 saturated carbocycles. The third kappa shape index (κ3) is 3.93. The number of hydrogen-bond donors (Lipinski definition) is 3. The van der Waals surface area contributed by atoms with Crippen molar-refractivity contribution in [3.63, 3.8) is 0 Å². The van der Waals surface area contributed by atoms with Crippen molar-refractivity contribution in [3.8, 4) is 0 Å². The van der Waals surface area contributed by atoms with Crippen molar-refractivity contribution in [2.75, 3.05) is 10.6 Å². The number of carbonyl (C=O) groups excluding carboxylic acids is 1. The van der Waals surface area contributed by atoms with Gasteiger partial charge in [0, 0.05) is 34.0 Å². The number of nitrogens with zero attached hydrogens (tertiary/aromatic N) is 1. The molecule has 31 heavy (non-hydrogen) atoms. The lowest BCUT2D eigenvalue weighted by atomic mass is 10.1. The van der Waals surface area contributed by atoms with Gasteiger partial charge in [0.2, 0.25) is 5.78 Å². The largest absolute Gasteiger partial charge is 0.360 e. The van der Waals surface area contributed by atoms with Crippen LogP contribution in [0.2, 0.25) is 0 Å². The number of nitrogens with one attached hydrogen (secondary N) is 3. The molecule has 0 aliphatic heterocycles. The van der Waals surface area contributed by atoms with Crippen molar-refractivity contribution in [1.29, 1.82) is 0 Å². The summed E-state index contributed by atoms with van der Waals surface area (Å²) in [6.45, 7) is 2.04. The summed E-state index contributed by atoms with van der Waals surface area (Å²) in [6, 6.07) is 25.6. The second-order valence-electron chi connectivity index (χ2n) is 7.26. The molecule has 0 spiro atoms. The predicted molar refractivity (Wildman–Crippen MR) is 128 cm³/mol. The molecule has 5 nitrogen and oxygen atoms in total. The molecule has 6 heteroatoms. The summed E-state index contributed by atoms with van der Waals surface area (Å²) < 4.78 is 0. The summed E-state index contributed by atoms with van der Waals surface area (Å²) in [6.07, 6.45) is 1.77. The third-order valence-electron chi connectivity index (χ3n) is 5.01. The van der Waals surface area contributed by atoms with Gasteiger partial charge in [0.25, 0.3) is 0 Å². The first-order valence-electron chi connectivity index (χ1n) is 9.95. The van der Waals surface area contributed by atoms with E-state index >= 15 is 0 Å². The first kappa shape index (κ1) is 19.1. The second-order valence-corrected chi connectivity index (χ2v) is 8.25. The molecule has 0 aliphatic carbocycles. The van der Waals surface area contributed by atoms with Crippen molar-refractivity contribution in [3.05, 3.63) is 101 Å². The number of hydrogen-bond acceptors (Lipinski definition) is 5. The maximum atomic E-state index is 13.5. The molecular weight excluding hydrogens is 404 g/mol. The topological polar surface area (TPSA) is 69.8 Å². The van der Waals surface area contributed by atoms with Gasteiger partial charge in [-0.05, 0) is 37.3 Å². The zero-order valence-corrected chi connectivity index (χ0v) is 17.7. The van der Waals surface area contributed by atoms with Crippen LogP contribution < -0.4 is 10.6 Å². The Morgan fingerprint density at radius 3 is 2.39 bits per heavy atom. The van der Waals surface area contributed by atoms with E-state index in [2.05, 4.69) is 15.6 Å². The van der Waals surface area contributed by atoms with E-state index in [0.29, 0.717) is 21.4 Å². The van der Waals surface area contributed by atoms with Gasteiger partial charge in [0.1, 0.15) is 4.88 Å². The maximum Gasteiger partial charge on any atom is 0.209 e. The van der Waals surface area contributed by atoms with Gasteiger partial charge in [-0.15, -0.1) is 0 Å². The van der Waals surface area contributed by atoms with Crippen LogP contribution >= 0.6 is 11.3 Å². The van der Waals surface area contributed by atoms with Crippen LogP contribution in [0.15, 0.2) is 85.1 Å². The van der Waals surface area contributed by atoms with Gasteiger partial charge in [-0.2, -0.15) is 0 Å². The highest BCUT2D eigenvalue weighted by Crippen LogP contribution is 2.34. The lowest BCUT2D eigenvalue weighted by Crippen LogP contribution is -2.02. The lowest BCUT2D eigenvalue weighted by Gasteiger charge is -2.06. The number of aromatic nitrogens is 2. The fourth-order valence-corrected chi connectivity index (χ4v) is 4.31. The SMILES string of the molecule is Cc1ccc(Nc2nc(Nc3ccccc3)sc2C(=O)c2c[nH]c3ccccc23)cc1. The summed E-state index contributed by atoms with van der Waals surface area (Å²) in [5.41, 5.74) is 4.55. The first-order valence-corrected chi connectivity index (χ1v) is 10.8. The molecule has 5 aromatic rings. The molecule has 0 saturated heterocycles. The van der Waals surface area contributed by atoms with Crippen molar-refractivity contribution < 1.29 is 4.79 Å². The number of rotatable bonds is 6. The Kier molecular flexibility index (Phi) is 4.98. The van der Waals surface area contributed by atoms with Gasteiger partial charge in [0.15, 0.2) is 10.9 Å². The zero-order valence-electron chi connectivity index (χ0n) is 16.8. The van der Waals surface area contributed by atoms with Crippen molar-refractivity contribution in [2.24, 2.45) is 0 Å². The molecule has 0 amide bonds. The first-order chi connectivity index (χ1) is 15.2. The van der Waals surface area contributed by atoms with Crippen molar-refractivity contribution in [1.82, 2.24) is 9.97 Å². The van der Waals surface area contributed by atoms with E-state index < -0.39 is 0 Å². The molecule has 0 bridgehead atoms. The van der Waals surface area contributed by atoms with E-state index in [0.717, 1.165) is 22.3 Å². The van der Waals surface area contributed by atoms with Crippen LogP contribution in [0, 0.1) is 6.92 Å². The monoisotopic (exact) mass is 424 g/mol. The van der Waals surface area contributed by atoms with Crippen LogP contribution in [0.1, 0.15) is 20.8 Å². The smallest absolute Gasteiger partial charge is 0.209 e. The molecule has 3 aromatic carbocycles.